The molecule has 0 aliphatic carbocycles. The van der Waals surface area contributed by atoms with Crippen LogP contribution in [-0.2, 0) is 9.47 Å². The molecule has 0 spiro atoms. The van der Waals surface area contributed by atoms with E-state index < -0.39 is 18.0 Å². The van der Waals surface area contributed by atoms with Crippen molar-refractivity contribution in [2.75, 3.05) is 7.11 Å². The number of carbonyl (C=O) groups excluding carboxylic acids is 2. The van der Waals surface area contributed by atoms with Crippen molar-refractivity contribution in [1.29, 1.82) is 0 Å². The Morgan fingerprint density at radius 1 is 0.862 bits per heavy atom. The molecule has 0 N–H and O–H groups in total. The molecule has 2 unspecified atom stereocenters. The van der Waals surface area contributed by atoms with E-state index in [-0.39, 0.29) is 5.92 Å². The summed E-state index contributed by atoms with van der Waals surface area (Å²) >= 11 is 0. The zero-order valence-corrected chi connectivity index (χ0v) is 16.3. The van der Waals surface area contributed by atoms with E-state index in [9.17, 15) is 9.59 Å². The maximum Gasteiger partial charge on any atom is 0.338 e. The van der Waals surface area contributed by atoms with Gasteiger partial charge in [-0.15, -0.1) is 0 Å². The van der Waals surface area contributed by atoms with Gasteiger partial charge in [0.05, 0.1) is 30.4 Å². The lowest BCUT2D eigenvalue weighted by molar-refractivity contribution is 0.0279. The standard InChI is InChI=1S/C23H20O6/c1-13(21-12-18-11-16(22(24)26-3)5-7-20(18)29-21)14(2)28-23(25)17-4-6-19-15(10-17)8-9-27-19/h4-14H,1-3H3. The van der Waals surface area contributed by atoms with Gasteiger partial charge in [0.2, 0.25) is 0 Å². The van der Waals surface area contributed by atoms with Crippen molar-refractivity contribution in [3.63, 3.8) is 0 Å². The number of methoxy groups -OCH3 is 1. The second kappa shape index (κ2) is 7.47. The van der Waals surface area contributed by atoms with Crippen LogP contribution in [0.25, 0.3) is 21.9 Å². The van der Waals surface area contributed by atoms with Crippen LogP contribution in [0.1, 0.15) is 46.2 Å². The molecule has 2 heterocycles. The number of hydrogen-bond acceptors (Lipinski definition) is 6. The molecule has 6 nitrogen and oxygen atoms in total. The predicted molar refractivity (Wildman–Crippen MR) is 107 cm³/mol. The molecule has 0 saturated carbocycles. The highest BCUT2D eigenvalue weighted by Crippen LogP contribution is 2.29. The summed E-state index contributed by atoms with van der Waals surface area (Å²) < 4.78 is 21.6. The number of furan rings is 2. The molecule has 0 saturated heterocycles. The summed E-state index contributed by atoms with van der Waals surface area (Å²) in [5.41, 5.74) is 2.29. The molecule has 4 aromatic rings. The van der Waals surface area contributed by atoms with Gasteiger partial charge in [0.25, 0.3) is 0 Å². The van der Waals surface area contributed by atoms with Crippen molar-refractivity contribution >= 4 is 33.9 Å². The van der Waals surface area contributed by atoms with Gasteiger partial charge in [-0.05, 0) is 55.5 Å². The van der Waals surface area contributed by atoms with Crippen LogP contribution in [0, 0.1) is 0 Å². The third kappa shape index (κ3) is 3.61. The van der Waals surface area contributed by atoms with E-state index in [0.717, 1.165) is 16.4 Å². The van der Waals surface area contributed by atoms with Crippen molar-refractivity contribution in [1.82, 2.24) is 0 Å². The molecule has 148 valence electrons. The van der Waals surface area contributed by atoms with Gasteiger partial charge in [-0.1, -0.05) is 6.92 Å². The zero-order valence-electron chi connectivity index (χ0n) is 16.3. The van der Waals surface area contributed by atoms with Crippen LogP contribution in [0.3, 0.4) is 0 Å². The Kier molecular flexibility index (Phi) is 4.84. The third-order valence-corrected chi connectivity index (χ3v) is 5.09. The smallest absolute Gasteiger partial charge is 0.338 e. The molecule has 0 bridgehead atoms. The lowest BCUT2D eigenvalue weighted by Crippen LogP contribution is -2.20. The van der Waals surface area contributed by atoms with Crippen molar-refractivity contribution in [3.05, 3.63) is 71.7 Å². The van der Waals surface area contributed by atoms with Gasteiger partial charge in [-0.25, -0.2) is 9.59 Å². The molecular weight excluding hydrogens is 372 g/mol. The quantitative estimate of drug-likeness (QED) is 0.428. The average Bonchev–Trinajstić information content (AvgIpc) is 3.37. The Morgan fingerprint density at radius 2 is 1.55 bits per heavy atom. The molecule has 6 heteroatoms. The topological polar surface area (TPSA) is 78.9 Å². The van der Waals surface area contributed by atoms with Crippen molar-refractivity contribution in [2.45, 2.75) is 25.9 Å². The number of rotatable bonds is 5. The first-order valence-corrected chi connectivity index (χ1v) is 9.26. The Hall–Kier alpha value is -3.54. The molecule has 0 aliphatic heterocycles. The van der Waals surface area contributed by atoms with Crippen LogP contribution in [0.2, 0.25) is 0 Å². The normalized spacial score (nSPS) is 13.3. The number of fused-ring (bicyclic) bond motifs is 2. The molecule has 2 atom stereocenters. The van der Waals surface area contributed by atoms with Crippen LogP contribution in [0.5, 0.6) is 0 Å². The maximum absolute atomic E-state index is 12.5. The van der Waals surface area contributed by atoms with E-state index in [4.69, 9.17) is 18.3 Å². The number of ether oxygens (including phenoxy) is 2. The van der Waals surface area contributed by atoms with E-state index in [1.54, 1.807) is 48.7 Å². The number of hydrogen-bond donors (Lipinski definition) is 0. The first-order valence-electron chi connectivity index (χ1n) is 9.26. The van der Waals surface area contributed by atoms with Crippen LogP contribution < -0.4 is 0 Å². The number of carbonyl (C=O) groups is 2. The summed E-state index contributed by atoms with van der Waals surface area (Å²) in [4.78, 5) is 24.3. The highest BCUT2D eigenvalue weighted by Gasteiger charge is 2.23. The molecule has 0 aliphatic rings. The summed E-state index contributed by atoms with van der Waals surface area (Å²) in [6.07, 6.45) is 1.17. The zero-order chi connectivity index (χ0) is 20.5. The molecule has 0 radical (unpaired) electrons. The molecule has 2 aromatic heterocycles. The summed E-state index contributed by atoms with van der Waals surface area (Å²) in [7, 11) is 1.34. The summed E-state index contributed by atoms with van der Waals surface area (Å²) in [6.45, 7) is 3.75. The minimum absolute atomic E-state index is 0.175. The van der Waals surface area contributed by atoms with Crippen molar-refractivity contribution < 1.29 is 27.9 Å². The highest BCUT2D eigenvalue weighted by atomic mass is 16.5. The molecule has 29 heavy (non-hydrogen) atoms. The molecular formula is C23H20O6. The van der Waals surface area contributed by atoms with E-state index in [2.05, 4.69) is 0 Å². The first-order chi connectivity index (χ1) is 14.0. The molecule has 0 fully saturated rings. The van der Waals surface area contributed by atoms with Crippen molar-refractivity contribution in [3.8, 4) is 0 Å². The van der Waals surface area contributed by atoms with Gasteiger partial charge in [0.1, 0.15) is 23.0 Å². The second-order valence-electron chi connectivity index (χ2n) is 6.97. The van der Waals surface area contributed by atoms with Gasteiger partial charge >= 0.3 is 11.9 Å². The van der Waals surface area contributed by atoms with Gasteiger partial charge in [0, 0.05) is 10.8 Å². The molecule has 4 rings (SSSR count). The monoisotopic (exact) mass is 392 g/mol. The highest BCUT2D eigenvalue weighted by molar-refractivity contribution is 5.95. The van der Waals surface area contributed by atoms with Crippen molar-refractivity contribution in [2.24, 2.45) is 0 Å². The maximum atomic E-state index is 12.5. The lowest BCUT2D eigenvalue weighted by atomic mass is 10.0. The minimum atomic E-state index is -0.414. The fourth-order valence-electron chi connectivity index (χ4n) is 3.20. The Balaban J connectivity index is 1.51. The predicted octanol–water partition coefficient (Wildman–Crippen LogP) is 5.31. The number of esters is 2. The fourth-order valence-corrected chi connectivity index (χ4v) is 3.20. The van der Waals surface area contributed by atoms with Gasteiger partial charge < -0.3 is 18.3 Å². The summed E-state index contributed by atoms with van der Waals surface area (Å²) in [6, 6.07) is 13.9. The Morgan fingerprint density at radius 3 is 2.31 bits per heavy atom. The second-order valence-corrected chi connectivity index (χ2v) is 6.97. The fraction of sp³-hybridized carbons (Fsp3) is 0.217. The van der Waals surface area contributed by atoms with E-state index in [1.165, 1.54) is 7.11 Å². The van der Waals surface area contributed by atoms with E-state index in [0.29, 0.717) is 22.5 Å². The lowest BCUT2D eigenvalue weighted by Gasteiger charge is -2.18. The summed E-state index contributed by atoms with van der Waals surface area (Å²) in [5, 5.41) is 1.64. The van der Waals surface area contributed by atoms with Gasteiger partial charge in [-0.3, -0.25) is 0 Å². The number of benzene rings is 2. The van der Waals surface area contributed by atoms with Crippen LogP contribution in [0.15, 0.2) is 63.6 Å². The molecule has 2 aromatic carbocycles. The van der Waals surface area contributed by atoms with Crippen LogP contribution in [0.4, 0.5) is 0 Å². The van der Waals surface area contributed by atoms with E-state index in [1.807, 2.05) is 19.9 Å². The first kappa shape index (κ1) is 18.8. The van der Waals surface area contributed by atoms with Crippen LogP contribution >= 0.6 is 0 Å². The third-order valence-electron chi connectivity index (χ3n) is 5.09. The minimum Gasteiger partial charge on any atom is -0.465 e. The summed E-state index contributed by atoms with van der Waals surface area (Å²) in [5.74, 6) is -0.311. The van der Waals surface area contributed by atoms with Gasteiger partial charge in [-0.2, -0.15) is 0 Å². The average molecular weight is 392 g/mol. The van der Waals surface area contributed by atoms with Crippen LogP contribution in [-0.4, -0.2) is 25.2 Å². The Labute approximate surface area is 167 Å². The molecule has 0 amide bonds. The largest absolute Gasteiger partial charge is 0.465 e. The van der Waals surface area contributed by atoms with Gasteiger partial charge in [0.15, 0.2) is 0 Å². The van der Waals surface area contributed by atoms with E-state index >= 15 is 0 Å². The SMILES string of the molecule is COC(=O)c1ccc2oc(C(C)C(C)OC(=O)c3ccc4occc4c3)cc2c1. The Bertz CT molecular complexity index is 1200.